The molecule has 0 aliphatic carbocycles. The molecule has 2 amide bonds. The third-order valence-corrected chi connectivity index (χ3v) is 5.21. The molecule has 154 valence electrons. The van der Waals surface area contributed by atoms with Crippen LogP contribution in [0.25, 0.3) is 0 Å². The molecule has 3 aromatic rings. The molecule has 2 N–H and O–H groups in total. The summed E-state index contributed by atoms with van der Waals surface area (Å²) in [5, 5.41) is 6.25. The maximum atomic E-state index is 12.1. The lowest BCUT2D eigenvalue weighted by atomic mass is 10.2. The fourth-order valence-electron chi connectivity index (χ4n) is 2.62. The number of aryl methyl sites for hydroxylation is 1. The molecule has 0 unspecified atom stereocenters. The van der Waals surface area contributed by atoms with E-state index in [1.807, 2.05) is 37.3 Å². The molecule has 30 heavy (non-hydrogen) atoms. The number of nitrogens with one attached hydrogen (secondary N) is 2. The summed E-state index contributed by atoms with van der Waals surface area (Å²) in [5.74, 6) is 1.45. The molecule has 0 saturated carbocycles. The van der Waals surface area contributed by atoms with E-state index in [1.165, 1.54) is 11.8 Å². The zero-order valence-corrected chi connectivity index (χ0v) is 17.9. The summed E-state index contributed by atoms with van der Waals surface area (Å²) >= 11 is 7.16. The molecule has 0 aromatic heterocycles. The Morgan fingerprint density at radius 1 is 0.867 bits per heavy atom. The van der Waals surface area contributed by atoms with E-state index in [9.17, 15) is 9.59 Å². The summed E-state index contributed by atoms with van der Waals surface area (Å²) in [6.45, 7) is 1.87. The van der Waals surface area contributed by atoms with Gasteiger partial charge in [0.25, 0.3) is 0 Å². The van der Waals surface area contributed by atoms with Crippen LogP contribution in [-0.2, 0) is 9.59 Å². The summed E-state index contributed by atoms with van der Waals surface area (Å²) in [6.07, 6.45) is 0. The Hall–Kier alpha value is -2.96. The van der Waals surface area contributed by atoms with Gasteiger partial charge in [-0.2, -0.15) is 0 Å². The third kappa shape index (κ3) is 6.83. The van der Waals surface area contributed by atoms with E-state index >= 15 is 0 Å². The standard InChI is InChI=1S/C23H21ClN2O3S/c1-16-13-17(24)7-12-21(16)26-23(28)15-30-14-22(27)25-18-8-10-20(11-9-18)29-19-5-3-2-4-6-19/h2-13H,14-15H2,1H3,(H,25,27)(H,26,28). The smallest absolute Gasteiger partial charge is 0.234 e. The number of halogens is 1. The Morgan fingerprint density at radius 3 is 2.17 bits per heavy atom. The van der Waals surface area contributed by atoms with E-state index in [-0.39, 0.29) is 23.3 Å². The molecule has 0 heterocycles. The quantitative estimate of drug-likeness (QED) is 0.468. The minimum absolute atomic E-state index is 0.166. The Labute approximate surface area is 184 Å². The number of hydrogen-bond acceptors (Lipinski definition) is 4. The number of rotatable bonds is 8. The van der Waals surface area contributed by atoms with E-state index in [0.717, 1.165) is 11.3 Å². The molecule has 0 spiro atoms. The first kappa shape index (κ1) is 21.7. The highest BCUT2D eigenvalue weighted by Gasteiger charge is 2.08. The summed E-state index contributed by atoms with van der Waals surface area (Å²) < 4.78 is 5.72. The van der Waals surface area contributed by atoms with Crippen molar-refractivity contribution in [1.82, 2.24) is 0 Å². The van der Waals surface area contributed by atoms with Crippen molar-refractivity contribution in [1.29, 1.82) is 0 Å². The molecule has 0 atom stereocenters. The number of para-hydroxylation sites is 1. The van der Waals surface area contributed by atoms with Crippen LogP contribution in [-0.4, -0.2) is 23.3 Å². The van der Waals surface area contributed by atoms with Crippen LogP contribution in [0, 0.1) is 6.92 Å². The first-order chi connectivity index (χ1) is 14.5. The van der Waals surface area contributed by atoms with Crippen LogP contribution in [0.3, 0.4) is 0 Å². The van der Waals surface area contributed by atoms with Crippen molar-refractivity contribution in [2.75, 3.05) is 22.1 Å². The van der Waals surface area contributed by atoms with Crippen molar-refractivity contribution in [3.63, 3.8) is 0 Å². The van der Waals surface area contributed by atoms with Gasteiger partial charge in [-0.1, -0.05) is 29.8 Å². The van der Waals surface area contributed by atoms with Crippen LogP contribution in [0.4, 0.5) is 11.4 Å². The minimum atomic E-state index is -0.174. The summed E-state index contributed by atoms with van der Waals surface area (Å²) in [7, 11) is 0. The van der Waals surface area contributed by atoms with Crippen LogP contribution < -0.4 is 15.4 Å². The second kappa shape index (κ2) is 10.7. The average Bonchev–Trinajstić information content (AvgIpc) is 2.72. The van der Waals surface area contributed by atoms with Crippen molar-refractivity contribution < 1.29 is 14.3 Å². The predicted octanol–water partition coefficient (Wildman–Crippen LogP) is 5.75. The van der Waals surface area contributed by atoms with Crippen LogP contribution >= 0.6 is 23.4 Å². The van der Waals surface area contributed by atoms with Crippen molar-refractivity contribution in [3.05, 3.63) is 83.4 Å². The number of hydrogen-bond donors (Lipinski definition) is 2. The lowest BCUT2D eigenvalue weighted by molar-refractivity contribution is -0.114. The van der Waals surface area contributed by atoms with Gasteiger partial charge in [-0.15, -0.1) is 11.8 Å². The zero-order chi connectivity index (χ0) is 21.3. The first-order valence-electron chi connectivity index (χ1n) is 9.26. The second-order valence-corrected chi connectivity index (χ2v) is 7.91. The lowest BCUT2D eigenvalue weighted by Gasteiger charge is -2.09. The van der Waals surface area contributed by atoms with Gasteiger partial charge in [-0.3, -0.25) is 9.59 Å². The van der Waals surface area contributed by atoms with Gasteiger partial charge < -0.3 is 15.4 Å². The molecule has 0 fully saturated rings. The number of thioether (sulfide) groups is 1. The highest BCUT2D eigenvalue weighted by molar-refractivity contribution is 8.00. The van der Waals surface area contributed by atoms with Crippen LogP contribution in [0.1, 0.15) is 5.56 Å². The Kier molecular flexibility index (Phi) is 7.76. The van der Waals surface area contributed by atoms with Crippen LogP contribution in [0.5, 0.6) is 11.5 Å². The fraction of sp³-hybridized carbons (Fsp3) is 0.130. The fourth-order valence-corrected chi connectivity index (χ4v) is 3.46. The van der Waals surface area contributed by atoms with E-state index in [0.29, 0.717) is 22.1 Å². The highest BCUT2D eigenvalue weighted by Crippen LogP contribution is 2.23. The maximum absolute atomic E-state index is 12.1. The van der Waals surface area contributed by atoms with E-state index in [2.05, 4.69) is 10.6 Å². The number of carbonyl (C=O) groups excluding carboxylic acids is 2. The maximum Gasteiger partial charge on any atom is 0.234 e. The van der Waals surface area contributed by atoms with E-state index in [1.54, 1.807) is 42.5 Å². The van der Waals surface area contributed by atoms with Crippen LogP contribution in [0.15, 0.2) is 72.8 Å². The number of carbonyl (C=O) groups is 2. The molecular weight excluding hydrogens is 420 g/mol. The molecule has 0 bridgehead atoms. The second-order valence-electron chi connectivity index (χ2n) is 6.49. The van der Waals surface area contributed by atoms with E-state index in [4.69, 9.17) is 16.3 Å². The van der Waals surface area contributed by atoms with Gasteiger partial charge in [0.1, 0.15) is 11.5 Å². The molecule has 3 rings (SSSR count). The number of ether oxygens (including phenoxy) is 1. The average molecular weight is 441 g/mol. The summed E-state index contributed by atoms with van der Waals surface area (Å²) in [4.78, 5) is 24.2. The van der Waals surface area contributed by atoms with Gasteiger partial charge in [-0.05, 0) is 67.1 Å². The van der Waals surface area contributed by atoms with Crippen LogP contribution in [0.2, 0.25) is 5.02 Å². The van der Waals surface area contributed by atoms with Gasteiger partial charge in [0, 0.05) is 16.4 Å². The lowest BCUT2D eigenvalue weighted by Crippen LogP contribution is -2.18. The monoisotopic (exact) mass is 440 g/mol. The summed E-state index contributed by atoms with van der Waals surface area (Å²) in [5.41, 5.74) is 2.27. The topological polar surface area (TPSA) is 67.4 Å². The number of amides is 2. The molecule has 7 heteroatoms. The Bertz CT molecular complexity index is 1010. The largest absolute Gasteiger partial charge is 0.457 e. The first-order valence-corrected chi connectivity index (χ1v) is 10.8. The normalized spacial score (nSPS) is 10.3. The molecule has 0 saturated heterocycles. The van der Waals surface area contributed by atoms with E-state index < -0.39 is 0 Å². The van der Waals surface area contributed by atoms with Crippen molar-refractivity contribution in [3.8, 4) is 11.5 Å². The zero-order valence-electron chi connectivity index (χ0n) is 16.4. The molecule has 0 radical (unpaired) electrons. The summed E-state index contributed by atoms with van der Waals surface area (Å²) in [6, 6.07) is 21.9. The van der Waals surface area contributed by atoms with Crippen molar-refractivity contribution in [2.45, 2.75) is 6.92 Å². The molecule has 3 aromatic carbocycles. The van der Waals surface area contributed by atoms with Gasteiger partial charge in [0.2, 0.25) is 11.8 Å². The Balaban J connectivity index is 1.40. The SMILES string of the molecule is Cc1cc(Cl)ccc1NC(=O)CSCC(=O)Nc1ccc(Oc2ccccc2)cc1. The minimum Gasteiger partial charge on any atom is -0.457 e. The van der Waals surface area contributed by atoms with Gasteiger partial charge >= 0.3 is 0 Å². The molecule has 5 nitrogen and oxygen atoms in total. The van der Waals surface area contributed by atoms with Crippen molar-refractivity contribution >= 4 is 46.6 Å². The number of anilines is 2. The molecule has 0 aliphatic heterocycles. The van der Waals surface area contributed by atoms with Gasteiger partial charge in [-0.25, -0.2) is 0 Å². The molecule has 0 aliphatic rings. The highest BCUT2D eigenvalue weighted by atomic mass is 35.5. The third-order valence-electron chi connectivity index (χ3n) is 4.05. The van der Waals surface area contributed by atoms with Crippen molar-refractivity contribution in [2.24, 2.45) is 0 Å². The molecular formula is C23H21ClN2O3S. The van der Waals surface area contributed by atoms with Gasteiger partial charge in [0.05, 0.1) is 11.5 Å². The predicted molar refractivity (Wildman–Crippen MR) is 124 cm³/mol. The Morgan fingerprint density at radius 2 is 1.50 bits per heavy atom. The number of benzene rings is 3. The van der Waals surface area contributed by atoms with Gasteiger partial charge in [0.15, 0.2) is 0 Å².